The molecule has 0 bridgehead atoms. The number of aromatic nitrogens is 1. The van der Waals surface area contributed by atoms with E-state index in [1.807, 2.05) is 27.8 Å². The molecule has 0 spiro atoms. The van der Waals surface area contributed by atoms with Crippen molar-refractivity contribution in [2.24, 2.45) is 0 Å². The van der Waals surface area contributed by atoms with Crippen LogP contribution in [0.2, 0.25) is 0 Å². The van der Waals surface area contributed by atoms with E-state index in [1.54, 1.807) is 6.07 Å². The number of morpholine rings is 1. The summed E-state index contributed by atoms with van der Waals surface area (Å²) in [4.78, 5) is 27.8. The van der Waals surface area contributed by atoms with Crippen LogP contribution in [0.25, 0.3) is 10.2 Å². The van der Waals surface area contributed by atoms with E-state index in [0.29, 0.717) is 38.4 Å². The molecule has 6 nitrogen and oxygen atoms in total. The fourth-order valence-electron chi connectivity index (χ4n) is 2.98. The lowest BCUT2D eigenvalue weighted by atomic mass is 10.1. The number of nitrogens with zero attached hydrogens (tertiary/aromatic N) is 2. The highest BCUT2D eigenvalue weighted by molar-refractivity contribution is 7.16. The molecule has 1 saturated heterocycles. The van der Waals surface area contributed by atoms with Gasteiger partial charge in [-0.3, -0.25) is 4.79 Å². The Labute approximate surface area is 138 Å². The van der Waals surface area contributed by atoms with Crippen LogP contribution in [0.15, 0.2) is 17.5 Å². The second kappa shape index (κ2) is 6.72. The lowest BCUT2D eigenvalue weighted by molar-refractivity contribution is -0.138. The zero-order valence-corrected chi connectivity index (χ0v) is 14.1. The zero-order chi connectivity index (χ0) is 16.4. The Morgan fingerprint density at radius 3 is 2.78 bits per heavy atom. The average Bonchev–Trinajstić information content (AvgIpc) is 3.17. The van der Waals surface area contributed by atoms with Gasteiger partial charge in [-0.05, 0) is 23.9 Å². The summed E-state index contributed by atoms with van der Waals surface area (Å²) in [7, 11) is 1.36. The van der Waals surface area contributed by atoms with Crippen LogP contribution in [0.4, 0.5) is 0 Å². The maximum atomic E-state index is 13.0. The number of esters is 1. The second-order valence-corrected chi connectivity index (χ2v) is 6.33. The van der Waals surface area contributed by atoms with Crippen molar-refractivity contribution in [3.8, 4) is 0 Å². The van der Waals surface area contributed by atoms with Gasteiger partial charge in [-0.1, -0.05) is 6.92 Å². The lowest BCUT2D eigenvalue weighted by Gasteiger charge is -2.31. The van der Waals surface area contributed by atoms with Gasteiger partial charge >= 0.3 is 5.97 Å². The van der Waals surface area contributed by atoms with Crippen molar-refractivity contribution in [3.05, 3.63) is 23.2 Å². The van der Waals surface area contributed by atoms with E-state index >= 15 is 0 Å². The number of carbonyl (C=O) groups is 2. The largest absolute Gasteiger partial charge is 0.464 e. The van der Waals surface area contributed by atoms with Crippen molar-refractivity contribution in [1.82, 2.24) is 9.47 Å². The first kappa shape index (κ1) is 16.0. The van der Waals surface area contributed by atoms with Crippen molar-refractivity contribution in [1.29, 1.82) is 0 Å². The van der Waals surface area contributed by atoms with Crippen molar-refractivity contribution in [3.63, 3.8) is 0 Å². The van der Waals surface area contributed by atoms with E-state index in [1.165, 1.54) is 18.4 Å². The van der Waals surface area contributed by atoms with Gasteiger partial charge in [-0.25, -0.2) is 4.79 Å². The SMILES string of the molecule is CCC(C(=O)N1CCOCC1)n1c(C(=O)OC)cc2ccsc21. The number of rotatable bonds is 4. The van der Waals surface area contributed by atoms with Gasteiger partial charge < -0.3 is 18.9 Å². The normalized spacial score (nSPS) is 16.5. The van der Waals surface area contributed by atoms with Gasteiger partial charge in [-0.2, -0.15) is 0 Å². The third-order valence-corrected chi connectivity index (χ3v) is 5.07. The Bertz CT molecular complexity index is 715. The summed E-state index contributed by atoms with van der Waals surface area (Å²) >= 11 is 1.53. The molecule has 3 heterocycles. The topological polar surface area (TPSA) is 60.8 Å². The molecule has 1 aliphatic heterocycles. The van der Waals surface area contributed by atoms with Gasteiger partial charge in [0.15, 0.2) is 0 Å². The molecule has 1 fully saturated rings. The van der Waals surface area contributed by atoms with Crippen LogP contribution in [-0.4, -0.2) is 54.8 Å². The van der Waals surface area contributed by atoms with Gasteiger partial charge in [-0.15, -0.1) is 11.3 Å². The standard InChI is InChI=1S/C16H20N2O4S/c1-3-12(14(19)17-5-7-22-8-6-17)18-13(16(20)21-2)10-11-4-9-23-15(11)18/h4,9-10,12H,3,5-8H2,1-2H3. The molecule has 1 aliphatic rings. The molecule has 0 radical (unpaired) electrons. The predicted octanol–water partition coefficient (Wildman–Crippen LogP) is 2.30. The van der Waals surface area contributed by atoms with Gasteiger partial charge in [0.25, 0.3) is 0 Å². The third kappa shape index (κ3) is 2.86. The molecule has 1 atom stereocenters. The molecule has 2 aromatic heterocycles. The Morgan fingerprint density at radius 2 is 2.13 bits per heavy atom. The van der Waals surface area contributed by atoms with E-state index in [-0.39, 0.29) is 5.91 Å². The molecule has 0 aliphatic carbocycles. The Morgan fingerprint density at radius 1 is 1.39 bits per heavy atom. The Kier molecular flexibility index (Phi) is 4.68. The summed E-state index contributed by atoms with van der Waals surface area (Å²) in [6.07, 6.45) is 0.613. The van der Waals surface area contributed by atoms with Crippen molar-refractivity contribution in [2.45, 2.75) is 19.4 Å². The summed E-state index contributed by atoms with van der Waals surface area (Å²) in [5.74, 6) is -0.381. The highest BCUT2D eigenvalue weighted by atomic mass is 32.1. The molecule has 0 N–H and O–H groups in total. The monoisotopic (exact) mass is 336 g/mol. The van der Waals surface area contributed by atoms with E-state index in [9.17, 15) is 9.59 Å². The van der Waals surface area contributed by atoms with Gasteiger partial charge in [0, 0.05) is 18.5 Å². The Balaban J connectivity index is 2.02. The van der Waals surface area contributed by atoms with Gasteiger partial charge in [0.1, 0.15) is 16.6 Å². The van der Waals surface area contributed by atoms with Crippen LogP contribution in [0, 0.1) is 0 Å². The fraction of sp³-hybridized carbons (Fsp3) is 0.500. The number of fused-ring (bicyclic) bond motifs is 1. The summed E-state index contributed by atoms with van der Waals surface area (Å²) in [5, 5.41) is 2.93. The first-order valence-electron chi connectivity index (χ1n) is 7.70. The van der Waals surface area contributed by atoms with Crippen molar-refractivity contribution in [2.75, 3.05) is 33.4 Å². The van der Waals surface area contributed by atoms with Gasteiger partial charge in [0.2, 0.25) is 5.91 Å². The predicted molar refractivity (Wildman–Crippen MR) is 87.9 cm³/mol. The molecule has 1 unspecified atom stereocenters. The molecule has 23 heavy (non-hydrogen) atoms. The number of hydrogen-bond acceptors (Lipinski definition) is 5. The molecule has 2 aromatic rings. The molecule has 3 rings (SSSR count). The molecular weight excluding hydrogens is 316 g/mol. The number of hydrogen-bond donors (Lipinski definition) is 0. The minimum Gasteiger partial charge on any atom is -0.464 e. The lowest BCUT2D eigenvalue weighted by Crippen LogP contribution is -2.44. The van der Waals surface area contributed by atoms with E-state index in [4.69, 9.17) is 9.47 Å². The van der Waals surface area contributed by atoms with Crippen LogP contribution in [0.5, 0.6) is 0 Å². The Hall–Kier alpha value is -1.86. The number of carbonyl (C=O) groups excluding carboxylic acids is 2. The van der Waals surface area contributed by atoms with Gasteiger partial charge in [0.05, 0.1) is 20.3 Å². The minimum absolute atomic E-state index is 0.0341. The minimum atomic E-state index is -0.415. The second-order valence-electron chi connectivity index (χ2n) is 5.43. The smallest absolute Gasteiger partial charge is 0.354 e. The highest BCUT2D eigenvalue weighted by Crippen LogP contribution is 2.31. The van der Waals surface area contributed by atoms with Crippen LogP contribution in [-0.2, 0) is 14.3 Å². The molecule has 7 heteroatoms. The molecular formula is C16H20N2O4S. The number of thiophene rings is 1. The first-order chi connectivity index (χ1) is 11.2. The van der Waals surface area contributed by atoms with E-state index in [2.05, 4.69) is 0 Å². The highest BCUT2D eigenvalue weighted by Gasteiger charge is 2.30. The van der Waals surface area contributed by atoms with E-state index < -0.39 is 12.0 Å². The number of ether oxygens (including phenoxy) is 2. The van der Waals surface area contributed by atoms with Crippen molar-refractivity contribution >= 4 is 33.4 Å². The quantitative estimate of drug-likeness (QED) is 0.804. The maximum absolute atomic E-state index is 13.0. The molecule has 1 amide bonds. The molecule has 124 valence electrons. The molecule has 0 saturated carbocycles. The number of methoxy groups -OCH3 is 1. The summed E-state index contributed by atoms with van der Waals surface area (Å²) in [5.41, 5.74) is 0.433. The van der Waals surface area contributed by atoms with Crippen LogP contribution in [0.1, 0.15) is 29.9 Å². The summed E-state index contributed by atoms with van der Waals surface area (Å²) in [6, 6.07) is 3.35. The maximum Gasteiger partial charge on any atom is 0.354 e. The van der Waals surface area contributed by atoms with Crippen molar-refractivity contribution < 1.29 is 19.1 Å². The fourth-order valence-corrected chi connectivity index (χ4v) is 3.92. The van der Waals surface area contributed by atoms with Crippen LogP contribution >= 0.6 is 11.3 Å². The van der Waals surface area contributed by atoms with E-state index in [0.717, 1.165) is 10.2 Å². The number of amides is 1. The molecule has 0 aromatic carbocycles. The zero-order valence-electron chi connectivity index (χ0n) is 13.3. The first-order valence-corrected chi connectivity index (χ1v) is 8.58. The van der Waals surface area contributed by atoms with Crippen LogP contribution < -0.4 is 0 Å². The average molecular weight is 336 g/mol. The third-order valence-electron chi connectivity index (χ3n) is 4.15. The summed E-state index contributed by atoms with van der Waals surface area (Å²) in [6.45, 7) is 4.28. The summed E-state index contributed by atoms with van der Waals surface area (Å²) < 4.78 is 12.1. The van der Waals surface area contributed by atoms with Crippen LogP contribution in [0.3, 0.4) is 0 Å².